The molecule has 0 aromatic carbocycles. The summed E-state index contributed by atoms with van der Waals surface area (Å²) in [6.07, 6.45) is 4.15. The highest BCUT2D eigenvalue weighted by atomic mass is 16.4. The lowest BCUT2D eigenvalue weighted by Crippen LogP contribution is -2.15. The molecule has 1 aliphatic rings. The van der Waals surface area contributed by atoms with Crippen molar-refractivity contribution >= 4 is 6.01 Å². The number of aryl methyl sites for hydroxylation is 1. The number of hydrogen-bond donors (Lipinski definition) is 2. The maximum Gasteiger partial charge on any atom is 0.315 e. The van der Waals surface area contributed by atoms with Crippen LogP contribution in [0.15, 0.2) is 15.0 Å². The number of nitrogens with one attached hydrogen (secondary N) is 2. The molecule has 1 fully saturated rings. The van der Waals surface area contributed by atoms with E-state index in [1.807, 2.05) is 6.92 Å². The van der Waals surface area contributed by atoms with Gasteiger partial charge in [0.15, 0.2) is 0 Å². The minimum absolute atomic E-state index is 0.387. The van der Waals surface area contributed by atoms with Gasteiger partial charge in [0, 0.05) is 6.04 Å². The summed E-state index contributed by atoms with van der Waals surface area (Å²) in [5, 5.41) is 14.1. The van der Waals surface area contributed by atoms with Crippen molar-refractivity contribution in [2.24, 2.45) is 0 Å². The van der Waals surface area contributed by atoms with Gasteiger partial charge in [-0.3, -0.25) is 0 Å². The fraction of sp³-hybridized carbons (Fsp3) is 0.545. The van der Waals surface area contributed by atoms with E-state index in [4.69, 9.17) is 8.83 Å². The topological polar surface area (TPSA) is 89.0 Å². The minimum atomic E-state index is 0.387. The first-order chi connectivity index (χ1) is 8.79. The second-order valence-electron chi connectivity index (χ2n) is 4.37. The zero-order valence-electron chi connectivity index (χ0n) is 10.1. The van der Waals surface area contributed by atoms with Crippen LogP contribution in [0.25, 0.3) is 0 Å². The number of rotatable bonds is 6. The predicted octanol–water partition coefficient (Wildman–Crippen LogP) is 1.23. The van der Waals surface area contributed by atoms with E-state index in [1.165, 1.54) is 12.8 Å². The number of anilines is 1. The van der Waals surface area contributed by atoms with Gasteiger partial charge < -0.3 is 19.5 Å². The van der Waals surface area contributed by atoms with Crippen LogP contribution < -0.4 is 10.6 Å². The van der Waals surface area contributed by atoms with Crippen LogP contribution in [0.5, 0.6) is 0 Å². The molecular weight excluding hydrogens is 234 g/mol. The molecule has 0 bridgehead atoms. The van der Waals surface area contributed by atoms with Crippen LogP contribution >= 0.6 is 0 Å². The lowest BCUT2D eigenvalue weighted by Gasteiger charge is -1.97. The quantitative estimate of drug-likeness (QED) is 0.795. The van der Waals surface area contributed by atoms with Crippen molar-refractivity contribution in [3.8, 4) is 0 Å². The van der Waals surface area contributed by atoms with Crippen LogP contribution in [-0.4, -0.2) is 21.2 Å². The average molecular weight is 249 g/mol. The Kier molecular flexibility index (Phi) is 2.97. The summed E-state index contributed by atoms with van der Waals surface area (Å²) < 4.78 is 10.7. The van der Waals surface area contributed by atoms with Crippen molar-refractivity contribution in [2.45, 2.75) is 38.9 Å². The van der Waals surface area contributed by atoms with Crippen LogP contribution in [0.4, 0.5) is 6.01 Å². The molecule has 0 unspecified atom stereocenters. The number of oxazole rings is 1. The molecule has 7 heteroatoms. The molecule has 2 heterocycles. The Hall–Kier alpha value is -1.89. The third-order valence-electron chi connectivity index (χ3n) is 2.65. The van der Waals surface area contributed by atoms with E-state index in [9.17, 15) is 0 Å². The zero-order valence-corrected chi connectivity index (χ0v) is 10.1. The van der Waals surface area contributed by atoms with Crippen LogP contribution in [0.2, 0.25) is 0 Å². The molecule has 0 spiro atoms. The minimum Gasteiger partial charge on any atom is -0.444 e. The first-order valence-corrected chi connectivity index (χ1v) is 6.00. The zero-order chi connectivity index (χ0) is 12.4. The molecule has 0 radical (unpaired) electrons. The van der Waals surface area contributed by atoms with E-state index < -0.39 is 0 Å². The van der Waals surface area contributed by atoms with E-state index in [2.05, 4.69) is 25.8 Å². The van der Waals surface area contributed by atoms with E-state index in [0.717, 1.165) is 5.76 Å². The van der Waals surface area contributed by atoms with Crippen molar-refractivity contribution in [3.05, 3.63) is 23.7 Å². The molecule has 0 saturated heterocycles. The Morgan fingerprint density at radius 3 is 2.83 bits per heavy atom. The summed E-state index contributed by atoms with van der Waals surface area (Å²) in [5.41, 5.74) is 0. The highest BCUT2D eigenvalue weighted by Crippen LogP contribution is 2.19. The van der Waals surface area contributed by atoms with Gasteiger partial charge >= 0.3 is 6.01 Å². The Morgan fingerprint density at radius 2 is 2.11 bits per heavy atom. The standard InChI is InChI=1S/C11H15N5O2/c1-7-4-13-9(17-7)5-14-11-16-15-10(18-11)6-12-8-2-3-8/h4,8,12H,2-3,5-6H2,1H3,(H,14,16). The van der Waals surface area contributed by atoms with Gasteiger partial charge in [0.05, 0.1) is 19.3 Å². The lowest BCUT2D eigenvalue weighted by molar-refractivity contribution is 0.460. The van der Waals surface area contributed by atoms with Gasteiger partial charge in [-0.05, 0) is 19.8 Å². The molecule has 0 amide bonds. The fourth-order valence-corrected chi connectivity index (χ4v) is 1.55. The highest BCUT2D eigenvalue weighted by Gasteiger charge is 2.21. The molecule has 1 saturated carbocycles. The number of aromatic nitrogens is 3. The SMILES string of the molecule is Cc1cnc(CNc2nnc(CNC3CC3)o2)o1. The molecule has 0 atom stereocenters. The second-order valence-corrected chi connectivity index (χ2v) is 4.37. The molecule has 2 N–H and O–H groups in total. The van der Waals surface area contributed by atoms with Crippen LogP contribution in [0, 0.1) is 6.92 Å². The van der Waals surface area contributed by atoms with Gasteiger partial charge in [-0.15, -0.1) is 5.10 Å². The Bertz CT molecular complexity index is 517. The van der Waals surface area contributed by atoms with E-state index in [0.29, 0.717) is 36.9 Å². The molecule has 2 aromatic heterocycles. The van der Waals surface area contributed by atoms with Gasteiger partial charge in [0.2, 0.25) is 11.8 Å². The summed E-state index contributed by atoms with van der Waals surface area (Å²) in [5.74, 6) is 1.97. The van der Waals surface area contributed by atoms with E-state index in [-0.39, 0.29) is 0 Å². The highest BCUT2D eigenvalue weighted by molar-refractivity contribution is 5.17. The monoisotopic (exact) mass is 249 g/mol. The molecule has 0 aliphatic heterocycles. The van der Waals surface area contributed by atoms with E-state index in [1.54, 1.807) is 6.20 Å². The smallest absolute Gasteiger partial charge is 0.315 e. The van der Waals surface area contributed by atoms with Gasteiger partial charge in [-0.2, -0.15) is 0 Å². The van der Waals surface area contributed by atoms with Crippen molar-refractivity contribution in [2.75, 3.05) is 5.32 Å². The Morgan fingerprint density at radius 1 is 1.22 bits per heavy atom. The predicted molar refractivity (Wildman–Crippen MR) is 62.7 cm³/mol. The first-order valence-electron chi connectivity index (χ1n) is 6.00. The van der Waals surface area contributed by atoms with Gasteiger partial charge in [0.25, 0.3) is 0 Å². The molecule has 1 aliphatic carbocycles. The first kappa shape index (κ1) is 11.2. The Labute approximate surface area is 104 Å². The molecule has 18 heavy (non-hydrogen) atoms. The summed E-state index contributed by atoms with van der Waals surface area (Å²) in [7, 11) is 0. The molecule has 3 rings (SSSR count). The molecule has 96 valence electrons. The fourth-order valence-electron chi connectivity index (χ4n) is 1.55. The molecule has 7 nitrogen and oxygen atoms in total. The van der Waals surface area contributed by atoms with Crippen LogP contribution in [0.3, 0.4) is 0 Å². The second kappa shape index (κ2) is 4.77. The van der Waals surface area contributed by atoms with Crippen molar-refractivity contribution in [1.29, 1.82) is 0 Å². The maximum absolute atomic E-state index is 5.43. The average Bonchev–Trinajstić information content (AvgIpc) is 2.93. The van der Waals surface area contributed by atoms with Crippen LogP contribution in [-0.2, 0) is 13.1 Å². The van der Waals surface area contributed by atoms with Crippen molar-refractivity contribution < 1.29 is 8.83 Å². The third kappa shape index (κ3) is 2.86. The molecular formula is C11H15N5O2. The summed E-state index contributed by atoms with van der Waals surface area (Å²) >= 11 is 0. The van der Waals surface area contributed by atoms with Crippen LogP contribution in [0.1, 0.15) is 30.4 Å². The normalized spacial score (nSPS) is 14.9. The number of hydrogen-bond acceptors (Lipinski definition) is 7. The largest absolute Gasteiger partial charge is 0.444 e. The van der Waals surface area contributed by atoms with Crippen molar-refractivity contribution in [3.63, 3.8) is 0 Å². The van der Waals surface area contributed by atoms with Gasteiger partial charge in [-0.25, -0.2) is 4.98 Å². The molecule has 2 aromatic rings. The third-order valence-corrected chi connectivity index (χ3v) is 2.65. The van der Waals surface area contributed by atoms with E-state index >= 15 is 0 Å². The van der Waals surface area contributed by atoms with Gasteiger partial charge in [-0.1, -0.05) is 5.10 Å². The van der Waals surface area contributed by atoms with Crippen molar-refractivity contribution in [1.82, 2.24) is 20.5 Å². The number of nitrogens with zero attached hydrogens (tertiary/aromatic N) is 3. The Balaban J connectivity index is 1.49. The summed E-state index contributed by atoms with van der Waals surface area (Å²) in [6.45, 7) is 2.91. The summed E-state index contributed by atoms with van der Waals surface area (Å²) in [6, 6.07) is 1.02. The van der Waals surface area contributed by atoms with Gasteiger partial charge in [0.1, 0.15) is 5.76 Å². The summed E-state index contributed by atoms with van der Waals surface area (Å²) in [4.78, 5) is 4.07. The maximum atomic E-state index is 5.43. The lowest BCUT2D eigenvalue weighted by atomic mass is 10.6.